The molecular weight excluding hydrogens is 334 g/mol. The van der Waals surface area contributed by atoms with Crippen LogP contribution in [0.3, 0.4) is 0 Å². The Hall–Kier alpha value is -2.24. The maximum atomic E-state index is 4.69. The molecule has 0 N–H and O–H groups in total. The number of fused-ring (bicyclic) bond motifs is 1. The highest BCUT2D eigenvalue weighted by Gasteiger charge is 2.18. The van der Waals surface area contributed by atoms with Crippen LogP contribution in [0.2, 0.25) is 0 Å². The van der Waals surface area contributed by atoms with Gasteiger partial charge in [-0.15, -0.1) is 0 Å². The quantitative estimate of drug-likeness (QED) is 0.641. The molecule has 1 atom stereocenters. The zero-order valence-corrected chi connectivity index (χ0v) is 16.4. The SMILES string of the molecule is CC(CCN(C)Cc1cnc2c(-c3ccccc3)cnn2c1)N1CCCC1. The summed E-state index contributed by atoms with van der Waals surface area (Å²) in [4.78, 5) is 9.70. The van der Waals surface area contributed by atoms with Crippen LogP contribution in [-0.4, -0.2) is 57.1 Å². The minimum Gasteiger partial charge on any atom is -0.302 e. The van der Waals surface area contributed by atoms with Gasteiger partial charge in [0.1, 0.15) is 0 Å². The maximum Gasteiger partial charge on any atom is 0.162 e. The fourth-order valence-electron chi connectivity index (χ4n) is 3.98. The third kappa shape index (κ3) is 4.20. The summed E-state index contributed by atoms with van der Waals surface area (Å²) >= 11 is 0. The monoisotopic (exact) mass is 363 g/mol. The molecule has 0 amide bonds. The van der Waals surface area contributed by atoms with Crippen LogP contribution in [0.5, 0.6) is 0 Å². The summed E-state index contributed by atoms with van der Waals surface area (Å²) < 4.78 is 1.90. The van der Waals surface area contributed by atoms with Crippen molar-refractivity contribution >= 4 is 5.65 Å². The minimum atomic E-state index is 0.676. The maximum absolute atomic E-state index is 4.69. The molecule has 0 saturated carbocycles. The van der Waals surface area contributed by atoms with E-state index >= 15 is 0 Å². The molecule has 5 nitrogen and oxygen atoms in total. The number of benzene rings is 1. The summed E-state index contributed by atoms with van der Waals surface area (Å²) in [5.41, 5.74) is 4.34. The Bertz CT molecular complexity index is 867. The van der Waals surface area contributed by atoms with Gasteiger partial charge in [-0.25, -0.2) is 9.50 Å². The number of aromatic nitrogens is 3. The first-order valence-electron chi connectivity index (χ1n) is 10.0. The van der Waals surface area contributed by atoms with Gasteiger partial charge < -0.3 is 9.80 Å². The second-order valence-corrected chi connectivity index (χ2v) is 7.77. The van der Waals surface area contributed by atoms with Crippen LogP contribution in [0.4, 0.5) is 0 Å². The number of hydrogen-bond donors (Lipinski definition) is 0. The van der Waals surface area contributed by atoms with E-state index < -0.39 is 0 Å². The average molecular weight is 364 g/mol. The van der Waals surface area contributed by atoms with Crippen LogP contribution in [0.25, 0.3) is 16.8 Å². The van der Waals surface area contributed by atoms with Gasteiger partial charge in [0.25, 0.3) is 0 Å². The van der Waals surface area contributed by atoms with Crippen LogP contribution in [0, 0.1) is 0 Å². The third-order valence-electron chi connectivity index (χ3n) is 5.64. The third-order valence-corrected chi connectivity index (χ3v) is 5.64. The molecule has 0 aliphatic carbocycles. The molecule has 1 fully saturated rings. The Morgan fingerprint density at radius 2 is 1.89 bits per heavy atom. The van der Waals surface area contributed by atoms with Crippen LogP contribution in [0.1, 0.15) is 31.7 Å². The van der Waals surface area contributed by atoms with Gasteiger partial charge in [-0.2, -0.15) is 5.10 Å². The van der Waals surface area contributed by atoms with Gasteiger partial charge in [0, 0.05) is 36.1 Å². The zero-order chi connectivity index (χ0) is 18.6. The fourth-order valence-corrected chi connectivity index (χ4v) is 3.98. The molecule has 142 valence electrons. The van der Waals surface area contributed by atoms with E-state index in [4.69, 9.17) is 4.98 Å². The van der Waals surface area contributed by atoms with Crippen molar-refractivity contribution in [2.24, 2.45) is 0 Å². The first-order valence-corrected chi connectivity index (χ1v) is 10.0. The van der Waals surface area contributed by atoms with Crippen molar-refractivity contribution in [3.05, 3.63) is 54.5 Å². The summed E-state index contributed by atoms with van der Waals surface area (Å²) in [6.45, 7) is 6.91. The molecule has 0 spiro atoms. The lowest BCUT2D eigenvalue weighted by Gasteiger charge is -2.26. The first kappa shape index (κ1) is 18.1. The van der Waals surface area contributed by atoms with Crippen molar-refractivity contribution in [2.45, 2.75) is 38.8 Å². The lowest BCUT2D eigenvalue weighted by molar-refractivity contribution is 0.215. The highest BCUT2D eigenvalue weighted by atomic mass is 15.2. The van der Waals surface area contributed by atoms with E-state index in [0.29, 0.717) is 6.04 Å². The number of likely N-dealkylation sites (tertiary alicyclic amines) is 1. The molecule has 3 heterocycles. The summed E-state index contributed by atoms with van der Waals surface area (Å²) in [6.07, 6.45) is 9.94. The molecule has 0 bridgehead atoms. The predicted molar refractivity (Wildman–Crippen MR) is 110 cm³/mol. The summed E-state index contributed by atoms with van der Waals surface area (Å²) in [5.74, 6) is 0. The van der Waals surface area contributed by atoms with Crippen LogP contribution < -0.4 is 0 Å². The molecule has 1 unspecified atom stereocenters. The Morgan fingerprint density at radius 1 is 1.11 bits per heavy atom. The normalized spacial score (nSPS) is 16.4. The van der Waals surface area contributed by atoms with Gasteiger partial charge in [0.05, 0.1) is 6.20 Å². The van der Waals surface area contributed by atoms with Gasteiger partial charge in [-0.3, -0.25) is 0 Å². The fraction of sp³-hybridized carbons (Fsp3) is 0.455. The average Bonchev–Trinajstić information content (AvgIpc) is 3.36. The molecule has 5 heteroatoms. The van der Waals surface area contributed by atoms with Crippen LogP contribution >= 0.6 is 0 Å². The number of nitrogens with zero attached hydrogens (tertiary/aromatic N) is 5. The van der Waals surface area contributed by atoms with Crippen molar-refractivity contribution < 1.29 is 0 Å². The van der Waals surface area contributed by atoms with Crippen LogP contribution in [-0.2, 0) is 6.54 Å². The molecule has 1 aromatic carbocycles. The van der Waals surface area contributed by atoms with Gasteiger partial charge in [-0.05, 0) is 58.4 Å². The second-order valence-electron chi connectivity index (χ2n) is 7.77. The minimum absolute atomic E-state index is 0.676. The highest BCUT2D eigenvalue weighted by molar-refractivity contribution is 5.76. The van der Waals surface area contributed by atoms with Gasteiger partial charge >= 0.3 is 0 Å². The Labute approximate surface area is 161 Å². The van der Waals surface area contributed by atoms with E-state index in [1.165, 1.54) is 37.9 Å². The van der Waals surface area contributed by atoms with E-state index in [1.54, 1.807) is 0 Å². The summed E-state index contributed by atoms with van der Waals surface area (Å²) in [5, 5.41) is 4.52. The van der Waals surface area contributed by atoms with Crippen molar-refractivity contribution in [2.75, 3.05) is 26.7 Å². The second kappa shape index (κ2) is 8.19. The van der Waals surface area contributed by atoms with Gasteiger partial charge in [-0.1, -0.05) is 30.3 Å². The van der Waals surface area contributed by atoms with E-state index in [-0.39, 0.29) is 0 Å². The first-order chi connectivity index (χ1) is 13.2. The lowest BCUT2D eigenvalue weighted by Crippen LogP contribution is -2.33. The van der Waals surface area contributed by atoms with E-state index in [9.17, 15) is 0 Å². The number of hydrogen-bond acceptors (Lipinski definition) is 4. The molecular formula is C22H29N5. The predicted octanol–water partition coefficient (Wildman–Crippen LogP) is 3.70. The molecule has 1 saturated heterocycles. The van der Waals surface area contributed by atoms with Crippen molar-refractivity contribution in [3.8, 4) is 11.1 Å². The largest absolute Gasteiger partial charge is 0.302 e. The standard InChI is InChI=1S/C22H29N5/c1-18(26-11-6-7-12-26)10-13-25(2)16-19-14-23-22-21(15-24-27(22)17-19)20-8-4-3-5-9-20/h3-5,8-9,14-15,17-18H,6-7,10-13,16H2,1-2H3. The Morgan fingerprint density at radius 3 is 2.67 bits per heavy atom. The van der Waals surface area contributed by atoms with Crippen molar-refractivity contribution in [1.82, 2.24) is 24.4 Å². The van der Waals surface area contributed by atoms with Crippen LogP contribution in [0.15, 0.2) is 48.9 Å². The van der Waals surface area contributed by atoms with Gasteiger partial charge in [0.2, 0.25) is 0 Å². The van der Waals surface area contributed by atoms with Gasteiger partial charge in [0.15, 0.2) is 5.65 Å². The van der Waals surface area contributed by atoms with Crippen molar-refractivity contribution in [3.63, 3.8) is 0 Å². The van der Waals surface area contributed by atoms with E-state index in [1.807, 2.05) is 35.1 Å². The Kier molecular flexibility index (Phi) is 5.50. The molecule has 27 heavy (non-hydrogen) atoms. The molecule has 3 aromatic rings. The summed E-state index contributed by atoms with van der Waals surface area (Å²) in [6, 6.07) is 11.0. The molecule has 4 rings (SSSR count). The molecule has 1 aliphatic heterocycles. The molecule has 2 aromatic heterocycles. The summed E-state index contributed by atoms with van der Waals surface area (Å²) in [7, 11) is 2.19. The van der Waals surface area contributed by atoms with E-state index in [0.717, 1.165) is 29.9 Å². The molecule has 1 aliphatic rings. The zero-order valence-electron chi connectivity index (χ0n) is 16.4. The van der Waals surface area contributed by atoms with Crippen molar-refractivity contribution in [1.29, 1.82) is 0 Å². The Balaban J connectivity index is 1.39. The lowest BCUT2D eigenvalue weighted by atomic mass is 10.1. The highest BCUT2D eigenvalue weighted by Crippen LogP contribution is 2.23. The molecule has 0 radical (unpaired) electrons. The number of rotatable bonds is 7. The van der Waals surface area contributed by atoms with E-state index in [2.05, 4.69) is 47.2 Å². The smallest absolute Gasteiger partial charge is 0.162 e. The topological polar surface area (TPSA) is 36.7 Å².